The molecule has 0 amide bonds. The smallest absolute Gasteiger partial charge is 0.147 e. The van der Waals surface area contributed by atoms with Gasteiger partial charge in [-0.05, 0) is 68.4 Å². The Morgan fingerprint density at radius 3 is 2.33 bits per heavy atom. The van der Waals surface area contributed by atoms with Crippen molar-refractivity contribution in [1.82, 2.24) is 5.32 Å². The standard InChI is InChI=1S/C17H35NO2S/c1-6-18-13-15-9-10-16(17(2,3)4)12-14(15)8-7-11-21(5,19)20/h14-16,18H,6-13H2,1-5H3. The maximum absolute atomic E-state index is 11.3. The van der Waals surface area contributed by atoms with E-state index in [2.05, 4.69) is 33.0 Å². The maximum Gasteiger partial charge on any atom is 0.147 e. The molecule has 0 saturated heterocycles. The van der Waals surface area contributed by atoms with Crippen LogP contribution >= 0.6 is 0 Å². The summed E-state index contributed by atoms with van der Waals surface area (Å²) in [5.41, 5.74) is 0.373. The van der Waals surface area contributed by atoms with Crippen LogP contribution in [0.15, 0.2) is 0 Å². The summed E-state index contributed by atoms with van der Waals surface area (Å²) in [5, 5.41) is 3.49. The van der Waals surface area contributed by atoms with Crippen LogP contribution in [-0.2, 0) is 9.84 Å². The molecule has 1 aliphatic carbocycles. The van der Waals surface area contributed by atoms with E-state index in [1.807, 2.05) is 0 Å². The minimum absolute atomic E-state index is 0.345. The monoisotopic (exact) mass is 317 g/mol. The Morgan fingerprint density at radius 1 is 1.14 bits per heavy atom. The Balaban J connectivity index is 2.60. The highest BCUT2D eigenvalue weighted by molar-refractivity contribution is 7.90. The number of hydrogen-bond acceptors (Lipinski definition) is 3. The van der Waals surface area contributed by atoms with E-state index in [0.29, 0.717) is 17.1 Å². The first-order chi connectivity index (χ1) is 9.63. The van der Waals surface area contributed by atoms with E-state index in [0.717, 1.165) is 37.8 Å². The SMILES string of the molecule is CCNCC1CCC(C(C)(C)C)CC1CCCS(C)(=O)=O. The van der Waals surface area contributed by atoms with Gasteiger partial charge in [-0.25, -0.2) is 8.42 Å². The van der Waals surface area contributed by atoms with Crippen LogP contribution in [0.4, 0.5) is 0 Å². The summed E-state index contributed by atoms with van der Waals surface area (Å²) in [6, 6.07) is 0. The molecule has 0 aromatic carbocycles. The van der Waals surface area contributed by atoms with Crippen molar-refractivity contribution in [3.05, 3.63) is 0 Å². The largest absolute Gasteiger partial charge is 0.317 e. The van der Waals surface area contributed by atoms with Gasteiger partial charge < -0.3 is 5.32 Å². The molecule has 3 nitrogen and oxygen atoms in total. The molecule has 1 rings (SSSR count). The normalized spacial score (nSPS) is 27.8. The molecule has 1 fully saturated rings. The third-order valence-electron chi connectivity index (χ3n) is 5.11. The Kier molecular flexibility index (Phi) is 7.18. The lowest BCUT2D eigenvalue weighted by molar-refractivity contribution is 0.0925. The summed E-state index contributed by atoms with van der Waals surface area (Å²) in [6.07, 6.45) is 7.12. The second-order valence-corrected chi connectivity index (χ2v) is 10.2. The van der Waals surface area contributed by atoms with Gasteiger partial charge >= 0.3 is 0 Å². The maximum atomic E-state index is 11.3. The molecule has 0 bridgehead atoms. The lowest BCUT2D eigenvalue weighted by atomic mass is 9.64. The van der Waals surface area contributed by atoms with Crippen LogP contribution in [0.5, 0.6) is 0 Å². The Morgan fingerprint density at radius 2 is 1.81 bits per heavy atom. The van der Waals surface area contributed by atoms with Gasteiger partial charge in [0.15, 0.2) is 0 Å². The summed E-state index contributed by atoms with van der Waals surface area (Å²) < 4.78 is 22.7. The second-order valence-electron chi connectivity index (χ2n) is 7.98. The van der Waals surface area contributed by atoms with Gasteiger partial charge in [0.2, 0.25) is 0 Å². The number of sulfone groups is 1. The third kappa shape index (κ3) is 7.14. The van der Waals surface area contributed by atoms with Crippen molar-refractivity contribution in [1.29, 1.82) is 0 Å². The van der Waals surface area contributed by atoms with Crippen molar-refractivity contribution in [2.24, 2.45) is 23.2 Å². The highest BCUT2D eigenvalue weighted by atomic mass is 32.2. The van der Waals surface area contributed by atoms with Crippen molar-refractivity contribution in [2.45, 2.75) is 59.8 Å². The number of rotatable bonds is 7. The summed E-state index contributed by atoms with van der Waals surface area (Å²) in [6.45, 7) is 11.3. The van der Waals surface area contributed by atoms with Gasteiger partial charge in [0.25, 0.3) is 0 Å². The Bertz CT molecular complexity index is 398. The van der Waals surface area contributed by atoms with Crippen molar-refractivity contribution < 1.29 is 8.42 Å². The molecular formula is C17H35NO2S. The summed E-state index contributed by atoms with van der Waals surface area (Å²) in [4.78, 5) is 0. The highest BCUT2D eigenvalue weighted by Crippen LogP contribution is 2.44. The summed E-state index contributed by atoms with van der Waals surface area (Å²) in [7, 11) is -2.82. The molecule has 0 spiro atoms. The van der Waals surface area contributed by atoms with Crippen molar-refractivity contribution in [3.63, 3.8) is 0 Å². The van der Waals surface area contributed by atoms with Crippen LogP contribution in [0.1, 0.15) is 59.8 Å². The lowest BCUT2D eigenvalue weighted by Gasteiger charge is -2.42. The molecule has 0 heterocycles. The molecule has 1 aliphatic rings. The molecule has 21 heavy (non-hydrogen) atoms. The first-order valence-electron chi connectivity index (χ1n) is 8.52. The zero-order chi connectivity index (χ0) is 16.1. The summed E-state index contributed by atoms with van der Waals surface area (Å²) in [5.74, 6) is 2.53. The molecule has 0 aromatic heterocycles. The van der Waals surface area contributed by atoms with Gasteiger partial charge in [0.05, 0.1) is 0 Å². The van der Waals surface area contributed by atoms with Crippen molar-refractivity contribution in [3.8, 4) is 0 Å². The second kappa shape index (κ2) is 7.96. The molecule has 3 atom stereocenters. The van der Waals surface area contributed by atoms with Gasteiger partial charge in [0, 0.05) is 12.0 Å². The van der Waals surface area contributed by atoms with Gasteiger partial charge in [-0.3, -0.25) is 0 Å². The number of nitrogens with one attached hydrogen (secondary N) is 1. The molecule has 3 unspecified atom stereocenters. The fourth-order valence-corrected chi connectivity index (χ4v) is 4.36. The van der Waals surface area contributed by atoms with E-state index < -0.39 is 9.84 Å². The molecule has 1 N–H and O–H groups in total. The third-order valence-corrected chi connectivity index (χ3v) is 6.14. The van der Waals surface area contributed by atoms with Crippen LogP contribution in [0.25, 0.3) is 0 Å². The van der Waals surface area contributed by atoms with E-state index in [1.54, 1.807) is 0 Å². The van der Waals surface area contributed by atoms with Crippen LogP contribution in [0.3, 0.4) is 0 Å². The van der Waals surface area contributed by atoms with E-state index in [4.69, 9.17) is 0 Å². The van der Waals surface area contributed by atoms with Crippen LogP contribution in [0, 0.1) is 23.2 Å². The predicted molar refractivity (Wildman–Crippen MR) is 91.3 cm³/mol. The zero-order valence-electron chi connectivity index (χ0n) is 14.6. The van der Waals surface area contributed by atoms with E-state index >= 15 is 0 Å². The fourth-order valence-electron chi connectivity index (χ4n) is 3.67. The summed E-state index contributed by atoms with van der Waals surface area (Å²) >= 11 is 0. The van der Waals surface area contributed by atoms with Gasteiger partial charge in [0.1, 0.15) is 9.84 Å². The molecule has 0 aromatic rings. The predicted octanol–water partition coefficient (Wildman–Crippen LogP) is 3.50. The van der Waals surface area contributed by atoms with Gasteiger partial charge in [-0.1, -0.05) is 27.7 Å². The minimum Gasteiger partial charge on any atom is -0.317 e. The fraction of sp³-hybridized carbons (Fsp3) is 1.00. The molecular weight excluding hydrogens is 282 g/mol. The first-order valence-corrected chi connectivity index (χ1v) is 10.6. The Hall–Kier alpha value is -0.0900. The van der Waals surface area contributed by atoms with Crippen LogP contribution in [-0.4, -0.2) is 33.5 Å². The average molecular weight is 318 g/mol. The van der Waals surface area contributed by atoms with Gasteiger partial charge in [-0.2, -0.15) is 0 Å². The van der Waals surface area contributed by atoms with E-state index in [-0.39, 0.29) is 0 Å². The molecule has 0 radical (unpaired) electrons. The molecule has 1 saturated carbocycles. The molecule has 126 valence electrons. The Labute approximate surface area is 132 Å². The first kappa shape index (κ1) is 19.0. The van der Waals surface area contributed by atoms with Crippen LogP contribution in [0.2, 0.25) is 0 Å². The van der Waals surface area contributed by atoms with Crippen LogP contribution < -0.4 is 5.32 Å². The quantitative estimate of drug-likeness (QED) is 0.781. The van der Waals surface area contributed by atoms with Gasteiger partial charge in [-0.15, -0.1) is 0 Å². The van der Waals surface area contributed by atoms with Crippen molar-refractivity contribution in [2.75, 3.05) is 25.1 Å². The highest BCUT2D eigenvalue weighted by Gasteiger charge is 2.35. The van der Waals surface area contributed by atoms with Crippen molar-refractivity contribution >= 4 is 9.84 Å². The zero-order valence-corrected chi connectivity index (χ0v) is 15.4. The topological polar surface area (TPSA) is 46.2 Å². The van der Waals surface area contributed by atoms with E-state index in [9.17, 15) is 8.42 Å². The number of hydrogen-bond donors (Lipinski definition) is 1. The van der Waals surface area contributed by atoms with E-state index in [1.165, 1.54) is 25.5 Å². The lowest BCUT2D eigenvalue weighted by Crippen LogP contribution is -2.36. The average Bonchev–Trinajstić information content (AvgIpc) is 2.34. The molecule has 0 aliphatic heterocycles. The minimum atomic E-state index is -2.82. The molecule has 4 heteroatoms.